The van der Waals surface area contributed by atoms with Gasteiger partial charge in [-0.3, -0.25) is 0 Å². The van der Waals surface area contributed by atoms with Crippen molar-refractivity contribution in [3.63, 3.8) is 0 Å². The maximum absolute atomic E-state index is 14.0. The van der Waals surface area contributed by atoms with E-state index in [2.05, 4.69) is 4.98 Å². The van der Waals surface area contributed by atoms with E-state index < -0.39 is 5.82 Å². The lowest BCUT2D eigenvalue weighted by atomic mass is 10.1. The van der Waals surface area contributed by atoms with Crippen LogP contribution in [0, 0.1) is 5.82 Å². The molecule has 0 radical (unpaired) electrons. The molecule has 4 heteroatoms. The van der Waals surface area contributed by atoms with Crippen molar-refractivity contribution < 1.29 is 4.39 Å². The van der Waals surface area contributed by atoms with E-state index in [1.165, 1.54) is 6.07 Å². The van der Waals surface area contributed by atoms with Gasteiger partial charge in [-0.15, -0.1) is 0 Å². The Kier molecular flexibility index (Phi) is 3.13. The number of halogens is 3. The minimum absolute atomic E-state index is 0.0429. The third kappa shape index (κ3) is 2.18. The first kappa shape index (κ1) is 12.4. The molecular formula is C15H8Cl2FN. The number of nitrogens with zero attached hydrogens (tertiary/aromatic N) is 1. The quantitative estimate of drug-likeness (QED) is 0.589. The first-order valence-electron chi connectivity index (χ1n) is 5.66. The second-order valence-electron chi connectivity index (χ2n) is 4.11. The molecule has 0 unspecified atom stereocenters. The maximum atomic E-state index is 14.0. The molecule has 0 N–H and O–H groups in total. The molecule has 0 saturated heterocycles. The Morgan fingerprint density at radius 3 is 2.37 bits per heavy atom. The Morgan fingerprint density at radius 2 is 1.63 bits per heavy atom. The van der Waals surface area contributed by atoms with Gasteiger partial charge in [-0.1, -0.05) is 53.5 Å². The van der Waals surface area contributed by atoms with Gasteiger partial charge >= 0.3 is 0 Å². The highest BCUT2D eigenvalue weighted by Gasteiger charge is 2.12. The molecule has 1 aromatic heterocycles. The SMILES string of the molecule is Fc1c(Cl)ccc2c(Cl)cc(-c3ccccc3)nc12. The second kappa shape index (κ2) is 4.80. The summed E-state index contributed by atoms with van der Waals surface area (Å²) in [6.45, 7) is 0. The van der Waals surface area contributed by atoms with Crippen molar-refractivity contribution in [1.82, 2.24) is 4.98 Å². The van der Waals surface area contributed by atoms with Crippen molar-refractivity contribution >= 4 is 34.1 Å². The zero-order valence-electron chi connectivity index (χ0n) is 9.70. The van der Waals surface area contributed by atoms with Gasteiger partial charge in [0.25, 0.3) is 0 Å². The minimum Gasteiger partial charge on any atom is -0.245 e. The first-order valence-corrected chi connectivity index (χ1v) is 6.42. The fraction of sp³-hybridized carbons (Fsp3) is 0. The first-order chi connectivity index (χ1) is 9.16. The van der Waals surface area contributed by atoms with Gasteiger partial charge in [0.2, 0.25) is 0 Å². The van der Waals surface area contributed by atoms with Crippen molar-refractivity contribution in [3.05, 3.63) is 64.4 Å². The maximum Gasteiger partial charge on any atom is 0.168 e. The van der Waals surface area contributed by atoms with Crippen LogP contribution in [-0.2, 0) is 0 Å². The Morgan fingerprint density at radius 1 is 0.895 bits per heavy atom. The Hall–Kier alpha value is -1.64. The highest BCUT2D eigenvalue weighted by atomic mass is 35.5. The molecule has 0 aliphatic carbocycles. The molecule has 0 spiro atoms. The lowest BCUT2D eigenvalue weighted by molar-refractivity contribution is 0.637. The normalized spacial score (nSPS) is 10.9. The molecule has 94 valence electrons. The summed E-state index contributed by atoms with van der Waals surface area (Å²) in [6, 6.07) is 14.4. The molecule has 0 amide bonds. The van der Waals surface area contributed by atoms with Crippen LogP contribution >= 0.6 is 23.2 Å². The smallest absolute Gasteiger partial charge is 0.168 e. The van der Waals surface area contributed by atoms with Gasteiger partial charge in [0.1, 0.15) is 5.52 Å². The molecule has 3 rings (SSSR count). The highest BCUT2D eigenvalue weighted by Crippen LogP contribution is 2.31. The molecule has 1 heterocycles. The van der Waals surface area contributed by atoms with E-state index in [1.54, 1.807) is 12.1 Å². The number of fused-ring (bicyclic) bond motifs is 1. The fourth-order valence-electron chi connectivity index (χ4n) is 1.95. The summed E-state index contributed by atoms with van der Waals surface area (Å²) in [5.41, 5.74) is 1.70. The van der Waals surface area contributed by atoms with E-state index in [0.717, 1.165) is 5.56 Å². The summed E-state index contributed by atoms with van der Waals surface area (Å²) in [5, 5.41) is 1.06. The molecular weight excluding hydrogens is 284 g/mol. The summed E-state index contributed by atoms with van der Waals surface area (Å²) < 4.78 is 14.0. The topological polar surface area (TPSA) is 12.9 Å². The number of hydrogen-bond acceptors (Lipinski definition) is 1. The van der Waals surface area contributed by atoms with Crippen LogP contribution in [0.5, 0.6) is 0 Å². The summed E-state index contributed by atoms with van der Waals surface area (Å²) in [4.78, 5) is 4.32. The van der Waals surface area contributed by atoms with Gasteiger partial charge in [-0.05, 0) is 18.2 Å². The molecule has 2 aromatic carbocycles. The third-order valence-electron chi connectivity index (χ3n) is 2.89. The average Bonchev–Trinajstić information content (AvgIpc) is 2.44. The van der Waals surface area contributed by atoms with E-state index in [4.69, 9.17) is 23.2 Å². The molecule has 0 fully saturated rings. The molecule has 1 nitrogen and oxygen atoms in total. The lowest BCUT2D eigenvalue weighted by Gasteiger charge is -2.07. The van der Waals surface area contributed by atoms with E-state index in [-0.39, 0.29) is 10.5 Å². The van der Waals surface area contributed by atoms with Crippen molar-refractivity contribution in [3.8, 4) is 11.3 Å². The largest absolute Gasteiger partial charge is 0.245 e. The minimum atomic E-state index is -0.543. The Labute approximate surface area is 119 Å². The van der Waals surface area contributed by atoms with Crippen molar-refractivity contribution in [1.29, 1.82) is 0 Å². The van der Waals surface area contributed by atoms with Crippen LogP contribution in [0.3, 0.4) is 0 Å². The second-order valence-corrected chi connectivity index (χ2v) is 4.93. The summed E-state index contributed by atoms with van der Waals surface area (Å²) in [6.07, 6.45) is 0. The number of benzene rings is 2. The monoisotopic (exact) mass is 291 g/mol. The molecule has 0 atom stereocenters. The van der Waals surface area contributed by atoms with E-state index in [1.807, 2.05) is 30.3 Å². The standard InChI is InChI=1S/C15H8Cl2FN/c16-11-7-6-10-12(17)8-13(19-15(10)14(11)18)9-4-2-1-3-5-9/h1-8H. The predicted octanol–water partition coefficient (Wildman–Crippen LogP) is 5.35. The van der Waals surface area contributed by atoms with Crippen LogP contribution in [0.1, 0.15) is 0 Å². The van der Waals surface area contributed by atoms with Crippen LogP contribution in [0.15, 0.2) is 48.5 Å². The average molecular weight is 292 g/mol. The number of pyridine rings is 1. The zero-order valence-corrected chi connectivity index (χ0v) is 11.2. The Bertz CT molecular complexity index is 757. The molecule has 0 saturated carbocycles. The number of aromatic nitrogens is 1. The van der Waals surface area contributed by atoms with E-state index in [0.29, 0.717) is 16.1 Å². The van der Waals surface area contributed by atoms with Gasteiger partial charge in [0.15, 0.2) is 5.82 Å². The van der Waals surface area contributed by atoms with Crippen LogP contribution in [0.2, 0.25) is 10.0 Å². The summed E-state index contributed by atoms with van der Waals surface area (Å²) in [5.74, 6) is -0.543. The van der Waals surface area contributed by atoms with Crippen molar-refractivity contribution in [2.24, 2.45) is 0 Å². The highest BCUT2D eigenvalue weighted by molar-refractivity contribution is 6.36. The van der Waals surface area contributed by atoms with Gasteiger partial charge < -0.3 is 0 Å². The Balaban J connectivity index is 2.32. The number of hydrogen-bond donors (Lipinski definition) is 0. The van der Waals surface area contributed by atoms with Crippen molar-refractivity contribution in [2.75, 3.05) is 0 Å². The van der Waals surface area contributed by atoms with Crippen LogP contribution in [0.25, 0.3) is 22.2 Å². The molecule has 0 aliphatic rings. The van der Waals surface area contributed by atoms with Crippen LogP contribution in [0.4, 0.5) is 4.39 Å². The molecule has 3 aromatic rings. The van der Waals surface area contributed by atoms with Gasteiger partial charge in [-0.25, -0.2) is 9.37 Å². The summed E-state index contributed by atoms with van der Waals surface area (Å²) in [7, 11) is 0. The summed E-state index contributed by atoms with van der Waals surface area (Å²) >= 11 is 12.0. The lowest BCUT2D eigenvalue weighted by Crippen LogP contribution is -1.90. The molecule has 0 bridgehead atoms. The third-order valence-corrected chi connectivity index (χ3v) is 3.50. The molecule has 0 aliphatic heterocycles. The van der Waals surface area contributed by atoms with Crippen LogP contribution < -0.4 is 0 Å². The predicted molar refractivity (Wildman–Crippen MR) is 77.2 cm³/mol. The van der Waals surface area contributed by atoms with Gasteiger partial charge in [0, 0.05) is 10.9 Å². The fourth-order valence-corrected chi connectivity index (χ4v) is 2.36. The van der Waals surface area contributed by atoms with Gasteiger partial charge in [-0.2, -0.15) is 0 Å². The molecule has 19 heavy (non-hydrogen) atoms. The van der Waals surface area contributed by atoms with Crippen molar-refractivity contribution in [2.45, 2.75) is 0 Å². The van der Waals surface area contributed by atoms with E-state index in [9.17, 15) is 4.39 Å². The van der Waals surface area contributed by atoms with E-state index >= 15 is 0 Å². The zero-order chi connectivity index (χ0) is 13.4. The van der Waals surface area contributed by atoms with Crippen LogP contribution in [-0.4, -0.2) is 4.98 Å². The van der Waals surface area contributed by atoms with Gasteiger partial charge in [0.05, 0.1) is 15.7 Å². The number of rotatable bonds is 1.